The SMILES string of the molecule is C=C/C=C(\C=C)C(c1ccccc1)C(C)CC.CCPC(CC)C(C)CC. The molecule has 1 aromatic carbocycles. The lowest BCUT2D eigenvalue weighted by atomic mass is 9.80. The van der Waals surface area contributed by atoms with Gasteiger partial charge in [0.15, 0.2) is 0 Å². The fourth-order valence-corrected chi connectivity index (χ4v) is 4.93. The molecule has 5 atom stereocenters. The van der Waals surface area contributed by atoms with E-state index in [0.29, 0.717) is 11.8 Å². The maximum Gasteiger partial charge on any atom is 0.0115 e. The normalized spacial score (nSPS) is 16.1. The first-order chi connectivity index (χ1) is 13.0. The van der Waals surface area contributed by atoms with Gasteiger partial charge in [0.05, 0.1) is 0 Å². The minimum absolute atomic E-state index is 0.414. The summed E-state index contributed by atoms with van der Waals surface area (Å²) in [7, 11) is 1.19. The third kappa shape index (κ3) is 9.57. The van der Waals surface area contributed by atoms with Gasteiger partial charge in [0.25, 0.3) is 0 Å². The summed E-state index contributed by atoms with van der Waals surface area (Å²) in [5.41, 5.74) is 3.62. The predicted molar refractivity (Wildman–Crippen MR) is 130 cm³/mol. The molecule has 0 aliphatic rings. The van der Waals surface area contributed by atoms with Crippen molar-refractivity contribution in [2.75, 3.05) is 6.16 Å². The Bertz CT molecular complexity index is 528. The highest BCUT2D eigenvalue weighted by Gasteiger charge is 2.20. The van der Waals surface area contributed by atoms with Crippen LogP contribution in [0.2, 0.25) is 0 Å². The highest BCUT2D eigenvalue weighted by molar-refractivity contribution is 7.38. The second-order valence-electron chi connectivity index (χ2n) is 7.34. The summed E-state index contributed by atoms with van der Waals surface area (Å²) in [5.74, 6) is 1.96. The molecule has 1 rings (SSSR count). The van der Waals surface area contributed by atoms with Gasteiger partial charge in [-0.1, -0.05) is 116 Å². The van der Waals surface area contributed by atoms with Gasteiger partial charge in [-0.25, -0.2) is 0 Å². The minimum atomic E-state index is 0.414. The van der Waals surface area contributed by atoms with E-state index in [0.717, 1.165) is 18.0 Å². The summed E-state index contributed by atoms with van der Waals surface area (Å²) in [4.78, 5) is 0. The third-order valence-electron chi connectivity index (χ3n) is 5.51. The van der Waals surface area contributed by atoms with Gasteiger partial charge in [0.2, 0.25) is 0 Å². The molecule has 27 heavy (non-hydrogen) atoms. The molecule has 0 saturated carbocycles. The molecule has 0 N–H and O–H groups in total. The molecule has 1 heteroatoms. The molecule has 0 aliphatic heterocycles. The summed E-state index contributed by atoms with van der Waals surface area (Å²) in [5, 5.41) is 0. The smallest absolute Gasteiger partial charge is 0.0115 e. The first-order valence-electron chi connectivity index (χ1n) is 10.7. The van der Waals surface area contributed by atoms with Crippen LogP contribution < -0.4 is 0 Å². The molecule has 0 heterocycles. The van der Waals surface area contributed by atoms with Gasteiger partial charge in [-0.2, -0.15) is 0 Å². The lowest BCUT2D eigenvalue weighted by molar-refractivity contribution is 0.496. The first kappa shape index (κ1) is 25.9. The van der Waals surface area contributed by atoms with Crippen LogP contribution in [-0.2, 0) is 0 Å². The fraction of sp³-hybridized carbons (Fsp3) is 0.538. The van der Waals surface area contributed by atoms with Gasteiger partial charge in [0, 0.05) is 5.92 Å². The van der Waals surface area contributed by atoms with Crippen molar-refractivity contribution in [2.45, 2.75) is 72.4 Å². The molecule has 0 aromatic heterocycles. The van der Waals surface area contributed by atoms with Crippen molar-refractivity contribution in [1.82, 2.24) is 0 Å². The first-order valence-corrected chi connectivity index (χ1v) is 12.0. The number of hydrogen-bond acceptors (Lipinski definition) is 0. The zero-order valence-electron chi connectivity index (χ0n) is 18.7. The molecule has 152 valence electrons. The Morgan fingerprint density at radius 3 is 1.93 bits per heavy atom. The molecule has 0 bridgehead atoms. The third-order valence-corrected chi connectivity index (χ3v) is 7.42. The summed E-state index contributed by atoms with van der Waals surface area (Å²) in [6.07, 6.45) is 11.1. The van der Waals surface area contributed by atoms with Gasteiger partial charge in [0.1, 0.15) is 0 Å². The maximum atomic E-state index is 3.93. The van der Waals surface area contributed by atoms with Gasteiger partial charge in [-0.05, 0) is 41.2 Å². The molecule has 5 unspecified atom stereocenters. The molecular weight excluding hydrogens is 343 g/mol. The van der Waals surface area contributed by atoms with Crippen molar-refractivity contribution in [2.24, 2.45) is 11.8 Å². The van der Waals surface area contributed by atoms with Gasteiger partial charge >= 0.3 is 0 Å². The second kappa shape index (κ2) is 15.9. The van der Waals surface area contributed by atoms with Crippen LogP contribution in [0.5, 0.6) is 0 Å². The summed E-state index contributed by atoms with van der Waals surface area (Å²) in [6, 6.07) is 10.6. The average molecular weight is 387 g/mol. The van der Waals surface area contributed by atoms with E-state index in [2.05, 4.69) is 91.1 Å². The van der Waals surface area contributed by atoms with Crippen LogP contribution in [-0.4, -0.2) is 11.8 Å². The zero-order chi connectivity index (χ0) is 20.7. The number of allylic oxidation sites excluding steroid dienone is 4. The van der Waals surface area contributed by atoms with Gasteiger partial charge < -0.3 is 0 Å². The second-order valence-corrected chi connectivity index (χ2v) is 9.20. The van der Waals surface area contributed by atoms with E-state index in [4.69, 9.17) is 0 Å². The Kier molecular flexibility index (Phi) is 15.2. The summed E-state index contributed by atoms with van der Waals surface area (Å²) >= 11 is 0. The molecule has 0 aliphatic carbocycles. The van der Waals surface area contributed by atoms with Gasteiger partial charge in [-0.3, -0.25) is 0 Å². The minimum Gasteiger partial charge on any atom is -0.119 e. The number of hydrogen-bond donors (Lipinski definition) is 0. The summed E-state index contributed by atoms with van der Waals surface area (Å²) < 4.78 is 0. The topological polar surface area (TPSA) is 0 Å². The van der Waals surface area contributed by atoms with Crippen molar-refractivity contribution >= 4 is 8.58 Å². The highest BCUT2D eigenvalue weighted by Crippen LogP contribution is 2.34. The molecule has 1 aromatic rings. The Morgan fingerprint density at radius 1 is 0.926 bits per heavy atom. The van der Waals surface area contributed by atoms with Crippen molar-refractivity contribution in [1.29, 1.82) is 0 Å². The molecule has 0 saturated heterocycles. The van der Waals surface area contributed by atoms with E-state index >= 15 is 0 Å². The van der Waals surface area contributed by atoms with Crippen LogP contribution in [0.25, 0.3) is 0 Å². The standard InChI is InChI=1S/C17H22.C9H21P/c1-5-11-15(7-3)17(14(4)6-2)16-12-9-8-10-13-16;1-5-8(4)9(6-2)10-7-3/h5,7-14,17H,1,3,6H2,2,4H3;8-10H,5-7H2,1-4H3/b15-11+;. The van der Waals surface area contributed by atoms with Crippen molar-refractivity contribution < 1.29 is 0 Å². The van der Waals surface area contributed by atoms with Crippen LogP contribution >= 0.6 is 8.58 Å². The Hall–Kier alpha value is -1.13. The van der Waals surface area contributed by atoms with Gasteiger partial charge in [-0.15, -0.1) is 8.58 Å². The predicted octanol–water partition coefficient (Wildman–Crippen LogP) is 8.62. The Morgan fingerprint density at radius 2 is 1.52 bits per heavy atom. The van der Waals surface area contributed by atoms with E-state index in [9.17, 15) is 0 Å². The van der Waals surface area contributed by atoms with E-state index in [1.165, 1.54) is 38.7 Å². The van der Waals surface area contributed by atoms with E-state index < -0.39 is 0 Å². The molecular formula is C26H43P. The zero-order valence-corrected chi connectivity index (χ0v) is 19.7. The molecule has 0 nitrogen and oxygen atoms in total. The number of rotatable bonds is 11. The lowest BCUT2D eigenvalue weighted by Gasteiger charge is -2.24. The van der Waals surface area contributed by atoms with Crippen molar-refractivity contribution in [3.8, 4) is 0 Å². The van der Waals surface area contributed by atoms with Crippen molar-refractivity contribution in [3.63, 3.8) is 0 Å². The van der Waals surface area contributed by atoms with E-state index in [-0.39, 0.29) is 0 Å². The van der Waals surface area contributed by atoms with Crippen LogP contribution in [0.15, 0.2) is 67.3 Å². The monoisotopic (exact) mass is 386 g/mol. The van der Waals surface area contributed by atoms with Crippen LogP contribution in [0.4, 0.5) is 0 Å². The van der Waals surface area contributed by atoms with E-state index in [1.54, 1.807) is 0 Å². The molecule has 0 radical (unpaired) electrons. The number of benzene rings is 1. The molecule has 0 amide bonds. The van der Waals surface area contributed by atoms with E-state index in [1.807, 2.05) is 12.2 Å². The van der Waals surface area contributed by atoms with Crippen LogP contribution in [0.1, 0.15) is 72.3 Å². The van der Waals surface area contributed by atoms with Crippen LogP contribution in [0.3, 0.4) is 0 Å². The molecule has 0 spiro atoms. The average Bonchev–Trinajstić information content (AvgIpc) is 2.72. The van der Waals surface area contributed by atoms with Crippen LogP contribution in [0, 0.1) is 11.8 Å². The lowest BCUT2D eigenvalue weighted by Crippen LogP contribution is -2.11. The highest BCUT2D eigenvalue weighted by atomic mass is 31.1. The fourth-order valence-electron chi connectivity index (χ4n) is 3.47. The summed E-state index contributed by atoms with van der Waals surface area (Å²) in [6.45, 7) is 21.5. The Labute approximate surface area is 172 Å². The molecule has 0 fully saturated rings. The largest absolute Gasteiger partial charge is 0.119 e. The maximum absolute atomic E-state index is 3.93. The Balaban J connectivity index is 0.000000580. The van der Waals surface area contributed by atoms with Crippen molar-refractivity contribution in [3.05, 3.63) is 72.9 Å². The quantitative estimate of drug-likeness (QED) is 0.264.